The summed E-state index contributed by atoms with van der Waals surface area (Å²) in [5.74, 6) is 0. The summed E-state index contributed by atoms with van der Waals surface area (Å²) >= 11 is 4.09. The second-order valence-electron chi connectivity index (χ2n) is 2.46. The van der Waals surface area contributed by atoms with Crippen LogP contribution >= 0.6 is 22.5 Å². The number of fused-ring (bicyclic) bond motifs is 1. The number of pyridine rings is 1. The number of hydrogen-bond acceptors (Lipinski definition) is 3. The van der Waals surface area contributed by atoms with Crippen molar-refractivity contribution < 1.29 is 0 Å². The first-order valence-corrected chi connectivity index (χ1v) is 5.43. The van der Waals surface area contributed by atoms with Crippen LogP contribution < -0.4 is 0 Å². The summed E-state index contributed by atoms with van der Waals surface area (Å²) in [6.07, 6.45) is 1.87. The van der Waals surface area contributed by atoms with E-state index in [-0.39, 0.29) is 0 Å². The molecule has 0 bridgehead atoms. The van der Waals surface area contributed by atoms with Crippen molar-refractivity contribution in [2.24, 2.45) is 0 Å². The van der Waals surface area contributed by atoms with Gasteiger partial charge in [-0.2, -0.15) is 0 Å². The largest absolute Gasteiger partial charge is 0.248 e. The second kappa shape index (κ2) is 3.37. The first kappa shape index (κ1) is 7.95. The standard InChI is InChI=1S/C9H7NS2/c11-12-9-5-7-3-1-2-4-8(7)6-10-9/h1-6,11H. The molecule has 1 aromatic heterocycles. The van der Waals surface area contributed by atoms with Crippen molar-refractivity contribution in [3.05, 3.63) is 36.5 Å². The van der Waals surface area contributed by atoms with Gasteiger partial charge in [0, 0.05) is 11.6 Å². The molecule has 0 fully saturated rings. The van der Waals surface area contributed by atoms with Crippen molar-refractivity contribution in [2.45, 2.75) is 5.03 Å². The molecule has 1 aromatic carbocycles. The Morgan fingerprint density at radius 3 is 2.67 bits per heavy atom. The molecule has 0 amide bonds. The SMILES string of the molecule is SSc1cc2ccccc2cn1. The maximum absolute atomic E-state index is 4.21. The Labute approximate surface area is 80.0 Å². The summed E-state index contributed by atoms with van der Waals surface area (Å²) in [6, 6.07) is 10.2. The highest BCUT2D eigenvalue weighted by Gasteiger charge is 1.94. The fourth-order valence-electron chi connectivity index (χ4n) is 1.11. The molecule has 0 unspecified atom stereocenters. The van der Waals surface area contributed by atoms with Crippen molar-refractivity contribution in [1.29, 1.82) is 0 Å². The van der Waals surface area contributed by atoms with Crippen LogP contribution in [0.2, 0.25) is 0 Å². The lowest BCUT2D eigenvalue weighted by atomic mass is 10.2. The molecule has 0 N–H and O–H groups in total. The molecule has 1 nitrogen and oxygen atoms in total. The lowest BCUT2D eigenvalue weighted by Gasteiger charge is -1.97. The van der Waals surface area contributed by atoms with Crippen LogP contribution in [-0.2, 0) is 0 Å². The smallest absolute Gasteiger partial charge is 0.107 e. The zero-order chi connectivity index (χ0) is 8.39. The first-order valence-electron chi connectivity index (χ1n) is 3.56. The van der Waals surface area contributed by atoms with Crippen LogP contribution in [0.4, 0.5) is 0 Å². The van der Waals surface area contributed by atoms with Crippen LogP contribution in [-0.4, -0.2) is 4.98 Å². The van der Waals surface area contributed by atoms with E-state index in [1.54, 1.807) is 0 Å². The summed E-state index contributed by atoms with van der Waals surface area (Å²) in [6.45, 7) is 0. The summed E-state index contributed by atoms with van der Waals surface area (Å²) in [7, 11) is 1.37. The third-order valence-corrected chi connectivity index (χ3v) is 2.67. The van der Waals surface area contributed by atoms with Crippen LogP contribution in [0.25, 0.3) is 10.8 Å². The van der Waals surface area contributed by atoms with Gasteiger partial charge < -0.3 is 0 Å². The third-order valence-electron chi connectivity index (χ3n) is 1.70. The molecule has 0 saturated heterocycles. The molecule has 3 heteroatoms. The van der Waals surface area contributed by atoms with Gasteiger partial charge in [0.2, 0.25) is 0 Å². The average Bonchev–Trinajstić information content (AvgIpc) is 2.17. The topological polar surface area (TPSA) is 12.9 Å². The summed E-state index contributed by atoms with van der Waals surface area (Å²) in [4.78, 5) is 4.21. The average molecular weight is 193 g/mol. The molecular weight excluding hydrogens is 186 g/mol. The third kappa shape index (κ3) is 1.42. The maximum Gasteiger partial charge on any atom is 0.107 e. The minimum Gasteiger partial charge on any atom is -0.248 e. The van der Waals surface area contributed by atoms with Crippen molar-refractivity contribution in [3.63, 3.8) is 0 Å². The Balaban J connectivity index is 2.67. The lowest BCUT2D eigenvalue weighted by Crippen LogP contribution is -1.77. The molecule has 0 spiro atoms. The van der Waals surface area contributed by atoms with Gasteiger partial charge in [-0.25, -0.2) is 4.98 Å². The van der Waals surface area contributed by atoms with Gasteiger partial charge >= 0.3 is 0 Å². The molecule has 2 rings (SSSR count). The number of hydrogen-bond donors (Lipinski definition) is 1. The summed E-state index contributed by atoms with van der Waals surface area (Å²) < 4.78 is 0. The minimum absolute atomic E-state index is 0.942. The Hall–Kier alpha value is -0.670. The fourth-order valence-corrected chi connectivity index (χ4v) is 1.69. The Bertz CT molecular complexity index is 400. The van der Waals surface area contributed by atoms with E-state index in [4.69, 9.17) is 0 Å². The van der Waals surface area contributed by atoms with Crippen LogP contribution in [0.3, 0.4) is 0 Å². The highest BCUT2D eigenvalue weighted by molar-refractivity contribution is 8.68. The summed E-state index contributed by atoms with van der Waals surface area (Å²) in [5, 5.41) is 3.32. The molecule has 2 aromatic rings. The van der Waals surface area contributed by atoms with Gasteiger partial charge in [0.25, 0.3) is 0 Å². The molecule has 60 valence electrons. The second-order valence-corrected chi connectivity index (χ2v) is 3.61. The van der Waals surface area contributed by atoms with Gasteiger partial charge in [-0.05, 0) is 22.2 Å². The Morgan fingerprint density at radius 2 is 1.92 bits per heavy atom. The predicted molar refractivity (Wildman–Crippen MR) is 56.6 cm³/mol. The van der Waals surface area contributed by atoms with Crippen molar-refractivity contribution in [3.8, 4) is 0 Å². The van der Waals surface area contributed by atoms with Gasteiger partial charge in [-0.3, -0.25) is 0 Å². The van der Waals surface area contributed by atoms with Crippen LogP contribution in [0, 0.1) is 0 Å². The Kier molecular flexibility index (Phi) is 2.23. The monoisotopic (exact) mass is 193 g/mol. The van der Waals surface area contributed by atoms with Crippen LogP contribution in [0.5, 0.6) is 0 Å². The molecular formula is C9H7NS2. The Morgan fingerprint density at radius 1 is 1.17 bits per heavy atom. The molecule has 12 heavy (non-hydrogen) atoms. The molecule has 0 atom stereocenters. The van der Waals surface area contributed by atoms with Crippen molar-refractivity contribution in [1.82, 2.24) is 4.98 Å². The van der Waals surface area contributed by atoms with Crippen molar-refractivity contribution >= 4 is 33.2 Å². The predicted octanol–water partition coefficient (Wildman–Crippen LogP) is 3.17. The molecule has 0 aliphatic carbocycles. The first-order chi connectivity index (χ1) is 5.90. The van der Waals surface area contributed by atoms with E-state index in [1.165, 1.54) is 21.6 Å². The molecule has 0 saturated carbocycles. The minimum atomic E-state index is 0.942. The normalized spacial score (nSPS) is 10.4. The molecule has 0 radical (unpaired) electrons. The highest BCUT2D eigenvalue weighted by Crippen LogP contribution is 2.22. The van der Waals surface area contributed by atoms with Gasteiger partial charge in [0.05, 0.1) is 0 Å². The quantitative estimate of drug-likeness (QED) is 0.552. The number of nitrogens with zero attached hydrogens (tertiary/aromatic N) is 1. The molecule has 0 aliphatic rings. The number of rotatable bonds is 1. The number of aromatic nitrogens is 1. The molecule has 1 heterocycles. The zero-order valence-corrected chi connectivity index (χ0v) is 7.98. The number of thiol groups is 1. The maximum atomic E-state index is 4.21. The van der Waals surface area contributed by atoms with Crippen LogP contribution in [0.15, 0.2) is 41.6 Å². The molecule has 0 aliphatic heterocycles. The van der Waals surface area contributed by atoms with Gasteiger partial charge in [-0.1, -0.05) is 24.3 Å². The van der Waals surface area contributed by atoms with E-state index in [0.717, 1.165) is 5.03 Å². The zero-order valence-electron chi connectivity index (χ0n) is 6.27. The van der Waals surface area contributed by atoms with E-state index in [0.29, 0.717) is 0 Å². The van der Waals surface area contributed by atoms with E-state index >= 15 is 0 Å². The van der Waals surface area contributed by atoms with E-state index < -0.39 is 0 Å². The van der Waals surface area contributed by atoms with Gasteiger partial charge in [0.1, 0.15) is 5.03 Å². The van der Waals surface area contributed by atoms with E-state index in [2.05, 4.69) is 28.8 Å². The summed E-state index contributed by atoms with van der Waals surface area (Å²) in [5.41, 5.74) is 0. The van der Waals surface area contributed by atoms with Crippen LogP contribution in [0.1, 0.15) is 0 Å². The fraction of sp³-hybridized carbons (Fsp3) is 0. The van der Waals surface area contributed by atoms with Gasteiger partial charge in [-0.15, -0.1) is 11.7 Å². The highest BCUT2D eigenvalue weighted by atomic mass is 33.1. The van der Waals surface area contributed by atoms with Gasteiger partial charge in [0.15, 0.2) is 0 Å². The van der Waals surface area contributed by atoms with E-state index in [1.807, 2.05) is 24.4 Å². The van der Waals surface area contributed by atoms with Crippen molar-refractivity contribution in [2.75, 3.05) is 0 Å². The van der Waals surface area contributed by atoms with E-state index in [9.17, 15) is 0 Å². The lowest BCUT2D eigenvalue weighted by molar-refractivity contribution is 1.17. The number of benzene rings is 1.